The molecule has 0 heterocycles. The van der Waals surface area contributed by atoms with Crippen molar-refractivity contribution in [3.8, 4) is 0 Å². The second-order valence-electron chi connectivity index (χ2n) is 4.50. The fourth-order valence-electron chi connectivity index (χ4n) is 1.19. The molecule has 0 saturated heterocycles. The molecule has 0 N–H and O–H groups in total. The molecular weight excluding hydrogens is 180 g/mol. The van der Waals surface area contributed by atoms with Crippen LogP contribution in [0, 0.1) is 16.7 Å². The van der Waals surface area contributed by atoms with E-state index >= 15 is 0 Å². The smallest absolute Gasteiger partial charge is 0.0308 e. The molecule has 0 aliphatic heterocycles. The molecule has 0 nitrogen and oxygen atoms in total. The van der Waals surface area contributed by atoms with Crippen LogP contribution in [0.2, 0.25) is 0 Å². The largest absolute Gasteiger partial charge is 0.0599 e. The van der Waals surface area contributed by atoms with Gasteiger partial charge in [-0.25, -0.2) is 0 Å². The van der Waals surface area contributed by atoms with Gasteiger partial charge in [-0.1, -0.05) is 39.9 Å². The maximum absolute atomic E-state index is 8.79. The lowest BCUT2D eigenvalue weighted by Gasteiger charge is -2.46. The molecule has 88 valence electrons. The first-order valence-electron chi connectivity index (χ1n) is 14.2. The van der Waals surface area contributed by atoms with Crippen LogP contribution in [0.3, 0.4) is 0 Å². The highest BCUT2D eigenvalue weighted by Crippen LogP contribution is 2.51. The van der Waals surface area contributed by atoms with Gasteiger partial charge in [-0.05, 0) is 55.0 Å². The van der Waals surface area contributed by atoms with Crippen molar-refractivity contribution < 1.29 is 26.0 Å². The van der Waals surface area contributed by atoms with Crippen LogP contribution in [-0.2, 0) is 0 Å². The molecule has 0 aromatic rings. The van der Waals surface area contributed by atoms with E-state index in [2.05, 4.69) is 0 Å². The van der Waals surface area contributed by atoms with Gasteiger partial charge in [-0.2, -0.15) is 0 Å². The number of hydrogen-bond acceptors (Lipinski definition) is 0. The zero-order valence-corrected chi connectivity index (χ0v) is 9.00. The summed E-state index contributed by atoms with van der Waals surface area (Å²) in [7, 11) is 0. The normalized spacial score (nSPS) is 79.3. The molecule has 2 rings (SSSR count). The van der Waals surface area contributed by atoms with E-state index in [-0.39, 0.29) is 0 Å². The maximum atomic E-state index is 8.79. The Bertz CT molecular complexity index is 813. The van der Waals surface area contributed by atoms with Gasteiger partial charge in [0.25, 0.3) is 0 Å². The fourth-order valence-corrected chi connectivity index (χ4v) is 1.19. The van der Waals surface area contributed by atoms with Crippen molar-refractivity contribution in [1.29, 1.82) is 0 Å². The number of hydrogen-bond donors (Lipinski definition) is 0. The third-order valence-electron chi connectivity index (χ3n) is 2.12. The summed E-state index contributed by atoms with van der Waals surface area (Å²) in [5, 5.41) is 0. The zero-order chi connectivity index (χ0) is 28.0. The van der Waals surface area contributed by atoms with Crippen molar-refractivity contribution in [1.82, 2.24) is 0 Å². The van der Waals surface area contributed by atoms with Crippen molar-refractivity contribution in [2.75, 3.05) is 0 Å². The van der Waals surface area contributed by atoms with Crippen molar-refractivity contribution in [2.24, 2.45) is 16.7 Å². The van der Waals surface area contributed by atoms with Crippen LogP contribution in [0.5, 0.6) is 0 Å². The lowest BCUT2D eigenvalue weighted by Crippen LogP contribution is -2.33. The molecule has 2 saturated carbocycles. The van der Waals surface area contributed by atoms with E-state index in [0.29, 0.717) is 0 Å². The Labute approximate surface area is 123 Å². The van der Waals surface area contributed by atoms with E-state index in [1.165, 1.54) is 0 Å². The summed E-state index contributed by atoms with van der Waals surface area (Å²) in [4.78, 5) is 0. The Morgan fingerprint density at radius 2 is 1.53 bits per heavy atom. The van der Waals surface area contributed by atoms with Gasteiger partial charge in [0.1, 0.15) is 0 Å². The summed E-state index contributed by atoms with van der Waals surface area (Å²) in [5.74, 6) is -3.38. The summed E-state index contributed by atoms with van der Waals surface area (Å²) in [5.41, 5.74) is -6.37. The van der Waals surface area contributed by atoms with Gasteiger partial charge in [0, 0.05) is 26.0 Å². The molecular formula is C15H28. The van der Waals surface area contributed by atoms with Gasteiger partial charge in [-0.3, -0.25) is 0 Å². The fraction of sp³-hybridized carbons (Fsp3) is 1.00. The van der Waals surface area contributed by atoms with Gasteiger partial charge in [0.2, 0.25) is 0 Å². The van der Waals surface area contributed by atoms with Crippen LogP contribution in [0.25, 0.3) is 0 Å². The van der Waals surface area contributed by atoms with Crippen LogP contribution in [0.1, 0.15) is 104 Å². The second kappa shape index (κ2) is 4.11. The van der Waals surface area contributed by atoms with Crippen molar-refractivity contribution in [3.05, 3.63) is 0 Å². The van der Waals surface area contributed by atoms with Gasteiger partial charge in [0.15, 0.2) is 0 Å². The van der Waals surface area contributed by atoms with E-state index in [0.717, 1.165) is 20.8 Å². The molecule has 2 aliphatic rings. The van der Waals surface area contributed by atoms with E-state index < -0.39 is 74.1 Å². The summed E-state index contributed by atoms with van der Waals surface area (Å²) >= 11 is 0. The topological polar surface area (TPSA) is 0 Å². The maximum Gasteiger partial charge on any atom is 0.0308 e. The molecule has 1 spiro atoms. The molecule has 0 radical (unpaired) electrons. The summed E-state index contributed by atoms with van der Waals surface area (Å²) in [6, 6.07) is 0. The van der Waals surface area contributed by atoms with E-state index in [9.17, 15) is 0 Å². The summed E-state index contributed by atoms with van der Waals surface area (Å²) in [6.45, 7) is 3.34. The summed E-state index contributed by atoms with van der Waals surface area (Å²) < 4.78 is 160. The lowest BCUT2D eigenvalue weighted by molar-refractivity contribution is 0.0575. The van der Waals surface area contributed by atoms with Crippen molar-refractivity contribution in [2.45, 2.75) is 78.1 Å². The molecule has 2 aliphatic carbocycles. The minimum Gasteiger partial charge on any atom is -0.0599 e. The minimum absolute atomic E-state index is 1.11. The highest BCUT2D eigenvalue weighted by molar-refractivity contribution is 4.90. The van der Waals surface area contributed by atoms with Gasteiger partial charge < -0.3 is 0 Å². The molecule has 0 atom stereocenters. The Balaban J connectivity index is 3.37. The Morgan fingerprint density at radius 1 is 1.00 bits per heavy atom. The van der Waals surface area contributed by atoms with E-state index in [1.807, 2.05) is 0 Å². The predicted octanol–water partition coefficient (Wildman–Crippen LogP) is 5.17. The first-order chi connectivity index (χ1) is 14.2. The molecule has 0 aromatic carbocycles. The first-order valence-corrected chi connectivity index (χ1v) is 4.75. The van der Waals surface area contributed by atoms with E-state index in [1.54, 1.807) is 0 Å². The van der Waals surface area contributed by atoms with E-state index in [4.69, 9.17) is 26.0 Å². The first kappa shape index (κ1) is 2.40. The minimum atomic E-state index is -4.47. The molecule has 0 unspecified atom stereocenters. The monoisotopic (exact) mass is 227 g/mol. The third kappa shape index (κ3) is 2.57. The van der Waals surface area contributed by atoms with Crippen molar-refractivity contribution >= 4 is 0 Å². The van der Waals surface area contributed by atoms with Crippen LogP contribution in [0.15, 0.2) is 0 Å². The Hall–Kier alpha value is 0. The molecule has 15 heavy (non-hydrogen) atoms. The van der Waals surface area contributed by atoms with Gasteiger partial charge in [-0.15, -0.1) is 0 Å². The third-order valence-corrected chi connectivity index (χ3v) is 2.12. The standard InChI is InChI=1S/C15H28/c1-14(2,3)13-7-11-15(12-8-13)9-5-4-6-10-15/h13H,4-12H2,1-3H3/i4D2,5D2,6D2,7D2,8D2,9D2,10D2,11D2,12D2,13D. The van der Waals surface area contributed by atoms with Gasteiger partial charge >= 0.3 is 0 Å². The quantitative estimate of drug-likeness (QED) is 0.535. The average molecular weight is 228 g/mol. The molecule has 0 amide bonds. The van der Waals surface area contributed by atoms with Crippen molar-refractivity contribution in [3.63, 3.8) is 0 Å². The summed E-state index contributed by atoms with van der Waals surface area (Å²) in [6.07, 6.45) is -37.7. The van der Waals surface area contributed by atoms with Gasteiger partial charge in [0.05, 0.1) is 0 Å². The highest BCUT2D eigenvalue weighted by atomic mass is 14.4. The molecule has 2 fully saturated rings. The Morgan fingerprint density at radius 3 is 2.00 bits per heavy atom. The highest BCUT2D eigenvalue weighted by Gasteiger charge is 2.38. The SMILES string of the molecule is [2H]C1([2H])C([2H])([2H])C([2H])([2H])C2(C([2H])([2H])C1([2H])[2H])C([2H])([2H])C([2H])([2H])C([2H])(C(C)(C)C)C([2H])([2H])C2([2H])[2H]. The molecule has 0 bridgehead atoms. The average Bonchev–Trinajstić information content (AvgIpc) is 2.56. The predicted molar refractivity (Wildman–Crippen MR) is 66.9 cm³/mol. The second-order valence-corrected chi connectivity index (χ2v) is 4.50. The van der Waals surface area contributed by atoms with Crippen LogP contribution in [0.4, 0.5) is 0 Å². The molecule has 0 aromatic heterocycles. The Kier molecular flexibility index (Phi) is 0.657. The van der Waals surface area contributed by atoms with Crippen LogP contribution >= 0.6 is 0 Å². The van der Waals surface area contributed by atoms with Crippen LogP contribution in [-0.4, -0.2) is 0 Å². The number of rotatable bonds is 0. The zero-order valence-electron chi connectivity index (χ0n) is 28.0. The molecule has 0 heteroatoms. The lowest BCUT2D eigenvalue weighted by atomic mass is 9.60. The van der Waals surface area contributed by atoms with Crippen LogP contribution < -0.4 is 0 Å².